The lowest BCUT2D eigenvalue weighted by Gasteiger charge is -2.29. The maximum atomic E-state index is 12.5. The highest BCUT2D eigenvalue weighted by Gasteiger charge is 2.45. The van der Waals surface area contributed by atoms with Gasteiger partial charge in [-0.05, 0) is 37.5 Å². The third-order valence-electron chi connectivity index (χ3n) is 5.06. The van der Waals surface area contributed by atoms with Gasteiger partial charge < -0.3 is 9.47 Å². The minimum Gasteiger partial charge on any atom is -0.497 e. The lowest BCUT2D eigenvalue weighted by Crippen LogP contribution is -2.42. The Kier molecular flexibility index (Phi) is 5.65. The number of carbonyl (C=O) groups excluding carboxylic acids is 3. The van der Waals surface area contributed by atoms with Crippen molar-refractivity contribution in [3.63, 3.8) is 0 Å². The molecule has 1 atom stereocenters. The van der Waals surface area contributed by atoms with Gasteiger partial charge in [-0.25, -0.2) is 9.69 Å². The van der Waals surface area contributed by atoms with Gasteiger partial charge in [0.05, 0.1) is 20.9 Å². The molecule has 4 amide bonds. The predicted molar refractivity (Wildman–Crippen MR) is 97.3 cm³/mol. The second-order valence-corrected chi connectivity index (χ2v) is 6.69. The van der Waals surface area contributed by atoms with Crippen LogP contribution in [-0.4, -0.2) is 66.5 Å². The van der Waals surface area contributed by atoms with Crippen molar-refractivity contribution in [3.8, 4) is 11.5 Å². The number of hydrogen-bond acceptors (Lipinski definition) is 6. The molecule has 0 unspecified atom stereocenters. The first-order valence-electron chi connectivity index (χ1n) is 9.15. The van der Waals surface area contributed by atoms with Crippen LogP contribution in [0, 0.1) is 0 Å². The van der Waals surface area contributed by atoms with Crippen LogP contribution >= 0.6 is 0 Å². The van der Waals surface area contributed by atoms with Crippen LogP contribution < -0.4 is 9.47 Å². The summed E-state index contributed by atoms with van der Waals surface area (Å²) >= 11 is 0. The average molecular weight is 375 g/mol. The molecule has 1 aromatic carbocycles. The largest absolute Gasteiger partial charge is 0.497 e. The number of urea groups is 1. The summed E-state index contributed by atoms with van der Waals surface area (Å²) in [6.07, 6.45) is 2.41. The summed E-state index contributed by atoms with van der Waals surface area (Å²) in [6, 6.07) is 5.05. The molecule has 2 fully saturated rings. The van der Waals surface area contributed by atoms with Crippen molar-refractivity contribution in [2.75, 3.05) is 34.0 Å². The lowest BCUT2D eigenvalue weighted by atomic mass is 10.0. The van der Waals surface area contributed by atoms with Crippen molar-refractivity contribution in [3.05, 3.63) is 23.8 Å². The second kappa shape index (κ2) is 7.96. The Morgan fingerprint density at radius 2 is 1.81 bits per heavy atom. The molecule has 146 valence electrons. The van der Waals surface area contributed by atoms with E-state index in [0.717, 1.165) is 46.2 Å². The Balaban J connectivity index is 1.83. The van der Waals surface area contributed by atoms with Crippen LogP contribution in [0.3, 0.4) is 0 Å². The number of benzene rings is 1. The number of ether oxygens (including phenoxy) is 2. The molecule has 3 rings (SSSR count). The maximum Gasteiger partial charge on any atom is 0.335 e. The summed E-state index contributed by atoms with van der Waals surface area (Å²) < 4.78 is 10.8. The molecule has 2 heterocycles. The topological polar surface area (TPSA) is 79.4 Å². The fourth-order valence-electron chi connectivity index (χ4n) is 3.72. The Morgan fingerprint density at radius 1 is 1.07 bits per heavy atom. The van der Waals surface area contributed by atoms with E-state index < -0.39 is 17.8 Å². The van der Waals surface area contributed by atoms with Crippen LogP contribution in [0.5, 0.6) is 11.5 Å². The minimum atomic E-state index is -0.753. The van der Waals surface area contributed by atoms with Crippen molar-refractivity contribution < 1.29 is 23.9 Å². The van der Waals surface area contributed by atoms with Crippen LogP contribution in [0.4, 0.5) is 4.79 Å². The molecule has 0 aromatic heterocycles. The summed E-state index contributed by atoms with van der Waals surface area (Å²) in [5.74, 6) is -0.0426. The number of amides is 4. The fourth-order valence-corrected chi connectivity index (χ4v) is 3.72. The molecule has 27 heavy (non-hydrogen) atoms. The van der Waals surface area contributed by atoms with E-state index in [2.05, 4.69) is 0 Å². The van der Waals surface area contributed by atoms with E-state index in [1.54, 1.807) is 14.2 Å². The van der Waals surface area contributed by atoms with Gasteiger partial charge in [-0.1, -0.05) is 6.92 Å². The van der Waals surface area contributed by atoms with E-state index in [9.17, 15) is 14.4 Å². The smallest absolute Gasteiger partial charge is 0.335 e. The molecule has 8 nitrogen and oxygen atoms in total. The van der Waals surface area contributed by atoms with Crippen LogP contribution in [0.1, 0.15) is 37.8 Å². The monoisotopic (exact) mass is 375 g/mol. The van der Waals surface area contributed by atoms with E-state index in [-0.39, 0.29) is 19.3 Å². The summed E-state index contributed by atoms with van der Waals surface area (Å²) in [5, 5.41) is 0. The molecular weight excluding hydrogens is 350 g/mol. The van der Waals surface area contributed by atoms with Gasteiger partial charge in [0.1, 0.15) is 11.5 Å². The number of imide groups is 2. The molecule has 2 saturated heterocycles. The highest BCUT2D eigenvalue weighted by Crippen LogP contribution is 2.39. The zero-order valence-corrected chi connectivity index (χ0v) is 15.9. The van der Waals surface area contributed by atoms with Crippen molar-refractivity contribution in [1.29, 1.82) is 0 Å². The van der Waals surface area contributed by atoms with Gasteiger partial charge in [-0.3, -0.25) is 19.4 Å². The van der Waals surface area contributed by atoms with Crippen molar-refractivity contribution in [1.82, 2.24) is 14.7 Å². The van der Waals surface area contributed by atoms with Gasteiger partial charge in [-0.15, -0.1) is 0 Å². The summed E-state index contributed by atoms with van der Waals surface area (Å²) in [5.41, 5.74) is 0.949. The van der Waals surface area contributed by atoms with Gasteiger partial charge in [0.25, 0.3) is 0 Å². The van der Waals surface area contributed by atoms with Crippen molar-refractivity contribution in [2.45, 2.75) is 32.2 Å². The SMILES string of the molecule is CCCN1C(=O)C(=O)N(CN2CCC[C@H]2c2cc(OC)ccc2OC)C1=O. The highest BCUT2D eigenvalue weighted by molar-refractivity contribution is 6.44. The molecule has 0 aliphatic carbocycles. The third-order valence-corrected chi connectivity index (χ3v) is 5.06. The molecule has 8 heteroatoms. The Hall–Kier alpha value is -2.61. The molecule has 2 aliphatic rings. The molecule has 0 spiro atoms. The lowest BCUT2D eigenvalue weighted by molar-refractivity contribution is -0.144. The summed E-state index contributed by atoms with van der Waals surface area (Å²) in [4.78, 5) is 41.0. The first-order valence-corrected chi connectivity index (χ1v) is 9.15. The van der Waals surface area contributed by atoms with E-state index >= 15 is 0 Å². The first kappa shape index (κ1) is 19.2. The second-order valence-electron chi connectivity index (χ2n) is 6.69. The minimum absolute atomic E-state index is 0.0222. The number of methoxy groups -OCH3 is 2. The van der Waals surface area contributed by atoms with Crippen LogP contribution in [0.2, 0.25) is 0 Å². The quantitative estimate of drug-likeness (QED) is 0.536. The Labute approximate surface area is 158 Å². The molecule has 0 radical (unpaired) electrons. The number of carbonyl (C=O) groups is 3. The maximum absolute atomic E-state index is 12.5. The molecule has 1 aromatic rings. The predicted octanol–water partition coefficient (Wildman–Crippen LogP) is 2.00. The molecule has 2 aliphatic heterocycles. The number of likely N-dealkylation sites (tertiary alicyclic amines) is 1. The van der Waals surface area contributed by atoms with Gasteiger partial charge in [0, 0.05) is 24.7 Å². The zero-order chi connectivity index (χ0) is 19.6. The standard InChI is InChI=1S/C19H25N3O5/c1-4-9-21-17(23)18(24)22(19(21)25)12-20-10-5-6-15(20)14-11-13(26-2)7-8-16(14)27-3/h7-8,11,15H,4-6,9-10,12H2,1-3H3/t15-/m0/s1. The number of rotatable bonds is 7. The van der Waals surface area contributed by atoms with E-state index in [0.29, 0.717) is 6.42 Å². The number of hydrogen-bond donors (Lipinski definition) is 0. The summed E-state index contributed by atoms with van der Waals surface area (Å²) in [7, 11) is 3.22. The Bertz CT molecular complexity index is 751. The van der Waals surface area contributed by atoms with Crippen LogP contribution in [0.15, 0.2) is 18.2 Å². The normalized spacial score (nSPS) is 20.7. The molecule has 0 N–H and O–H groups in total. The van der Waals surface area contributed by atoms with E-state index in [1.807, 2.05) is 30.0 Å². The molecular formula is C19H25N3O5. The average Bonchev–Trinajstić information content (AvgIpc) is 3.22. The zero-order valence-electron chi connectivity index (χ0n) is 15.9. The van der Waals surface area contributed by atoms with Gasteiger partial charge in [0.2, 0.25) is 0 Å². The van der Waals surface area contributed by atoms with Gasteiger partial charge in [0.15, 0.2) is 0 Å². The van der Waals surface area contributed by atoms with E-state index in [1.165, 1.54) is 0 Å². The highest BCUT2D eigenvalue weighted by atomic mass is 16.5. The first-order chi connectivity index (χ1) is 13.0. The van der Waals surface area contributed by atoms with Crippen LogP contribution in [0.25, 0.3) is 0 Å². The van der Waals surface area contributed by atoms with Crippen molar-refractivity contribution in [2.24, 2.45) is 0 Å². The van der Waals surface area contributed by atoms with Gasteiger partial charge in [-0.2, -0.15) is 0 Å². The van der Waals surface area contributed by atoms with Crippen molar-refractivity contribution >= 4 is 17.8 Å². The molecule has 0 bridgehead atoms. The summed E-state index contributed by atoms with van der Waals surface area (Å²) in [6.45, 7) is 2.94. The van der Waals surface area contributed by atoms with Crippen LogP contribution in [-0.2, 0) is 9.59 Å². The number of nitrogens with zero attached hydrogens (tertiary/aromatic N) is 3. The molecule has 0 saturated carbocycles. The fraction of sp³-hybridized carbons (Fsp3) is 0.526. The third kappa shape index (κ3) is 3.49. The Morgan fingerprint density at radius 3 is 2.48 bits per heavy atom. The van der Waals surface area contributed by atoms with Gasteiger partial charge >= 0.3 is 17.8 Å². The van der Waals surface area contributed by atoms with E-state index in [4.69, 9.17) is 9.47 Å².